The number of hydrogen-bond donors (Lipinski definition) is 1. The van der Waals surface area contributed by atoms with E-state index in [9.17, 15) is 0 Å². The molecule has 2 unspecified atom stereocenters. The van der Waals surface area contributed by atoms with Gasteiger partial charge in [-0.25, -0.2) is 0 Å². The lowest BCUT2D eigenvalue weighted by Gasteiger charge is -2.27. The molecular weight excluding hydrogens is 138 g/mol. The second kappa shape index (κ2) is 2.46. The molecule has 0 saturated heterocycles. The Morgan fingerprint density at radius 2 is 2.09 bits per heavy atom. The van der Waals surface area contributed by atoms with Crippen molar-refractivity contribution in [2.75, 3.05) is 20.3 Å². The Hall–Kier alpha value is -0.0800. The molecule has 0 amide bonds. The third-order valence-electron chi connectivity index (χ3n) is 3.34. The number of nitrogens with two attached hydrogens (primary N) is 1. The summed E-state index contributed by atoms with van der Waals surface area (Å²) in [7, 11) is 1.78. The normalized spacial score (nSPS) is 47.5. The molecular formula is C9H17NO. The number of methoxy groups -OCH3 is 1. The van der Waals surface area contributed by atoms with Crippen molar-refractivity contribution in [3.8, 4) is 0 Å². The largest absolute Gasteiger partial charge is 0.384 e. The van der Waals surface area contributed by atoms with Crippen molar-refractivity contribution in [3.63, 3.8) is 0 Å². The SMILES string of the molecule is COCC1(CN)CC2CC2C1. The van der Waals surface area contributed by atoms with E-state index >= 15 is 0 Å². The first kappa shape index (κ1) is 7.56. The van der Waals surface area contributed by atoms with E-state index in [1.807, 2.05) is 0 Å². The first-order chi connectivity index (χ1) is 5.29. The van der Waals surface area contributed by atoms with E-state index in [-0.39, 0.29) is 0 Å². The summed E-state index contributed by atoms with van der Waals surface area (Å²) < 4.78 is 5.21. The van der Waals surface area contributed by atoms with Gasteiger partial charge in [0.25, 0.3) is 0 Å². The van der Waals surface area contributed by atoms with Crippen molar-refractivity contribution in [1.82, 2.24) is 0 Å². The van der Waals surface area contributed by atoms with Crippen LogP contribution in [0.5, 0.6) is 0 Å². The van der Waals surface area contributed by atoms with Crippen LogP contribution in [0, 0.1) is 17.3 Å². The van der Waals surface area contributed by atoms with Crippen LogP contribution in [0.15, 0.2) is 0 Å². The van der Waals surface area contributed by atoms with Crippen LogP contribution < -0.4 is 5.73 Å². The maximum Gasteiger partial charge on any atom is 0.0530 e. The van der Waals surface area contributed by atoms with E-state index in [0.717, 1.165) is 25.0 Å². The minimum atomic E-state index is 0.363. The number of rotatable bonds is 3. The van der Waals surface area contributed by atoms with Gasteiger partial charge in [0.05, 0.1) is 6.61 Å². The lowest BCUT2D eigenvalue weighted by atomic mass is 9.84. The summed E-state index contributed by atoms with van der Waals surface area (Å²) in [5.41, 5.74) is 6.12. The molecule has 2 rings (SSSR count). The molecule has 2 aliphatic rings. The van der Waals surface area contributed by atoms with Gasteiger partial charge in [0, 0.05) is 19.1 Å². The first-order valence-electron chi connectivity index (χ1n) is 4.49. The fourth-order valence-electron chi connectivity index (χ4n) is 2.66. The fourth-order valence-corrected chi connectivity index (χ4v) is 2.66. The maximum atomic E-state index is 5.76. The quantitative estimate of drug-likeness (QED) is 0.660. The third-order valence-corrected chi connectivity index (χ3v) is 3.34. The van der Waals surface area contributed by atoms with Crippen LogP contribution in [0.25, 0.3) is 0 Å². The zero-order chi connectivity index (χ0) is 7.90. The average molecular weight is 155 g/mol. The van der Waals surface area contributed by atoms with Crippen LogP contribution in [-0.2, 0) is 4.74 Å². The van der Waals surface area contributed by atoms with Crippen LogP contribution in [0.2, 0.25) is 0 Å². The van der Waals surface area contributed by atoms with Crippen molar-refractivity contribution in [1.29, 1.82) is 0 Å². The molecule has 2 heteroatoms. The Kier molecular flexibility index (Phi) is 1.69. The zero-order valence-corrected chi connectivity index (χ0v) is 7.18. The molecule has 2 N–H and O–H groups in total. The van der Waals surface area contributed by atoms with Crippen LogP contribution in [0.4, 0.5) is 0 Å². The number of fused-ring (bicyclic) bond motifs is 1. The zero-order valence-electron chi connectivity index (χ0n) is 7.18. The summed E-state index contributed by atoms with van der Waals surface area (Å²) in [6.07, 6.45) is 4.11. The van der Waals surface area contributed by atoms with Gasteiger partial charge in [0.2, 0.25) is 0 Å². The van der Waals surface area contributed by atoms with E-state index in [1.165, 1.54) is 19.3 Å². The second-order valence-electron chi connectivity index (χ2n) is 4.30. The van der Waals surface area contributed by atoms with E-state index in [2.05, 4.69) is 0 Å². The van der Waals surface area contributed by atoms with Crippen molar-refractivity contribution in [3.05, 3.63) is 0 Å². The fraction of sp³-hybridized carbons (Fsp3) is 1.00. The molecule has 0 aliphatic heterocycles. The lowest BCUT2D eigenvalue weighted by Crippen LogP contribution is -2.33. The Bertz CT molecular complexity index is 148. The third kappa shape index (κ3) is 1.18. The smallest absolute Gasteiger partial charge is 0.0530 e. The monoisotopic (exact) mass is 155 g/mol. The molecule has 0 aromatic carbocycles. The molecule has 0 aromatic heterocycles. The van der Waals surface area contributed by atoms with Crippen molar-refractivity contribution in [2.45, 2.75) is 19.3 Å². The van der Waals surface area contributed by atoms with Crippen molar-refractivity contribution in [2.24, 2.45) is 23.0 Å². The molecule has 2 aliphatic carbocycles. The molecule has 2 fully saturated rings. The molecule has 2 atom stereocenters. The Balaban J connectivity index is 1.96. The highest BCUT2D eigenvalue weighted by atomic mass is 16.5. The summed E-state index contributed by atoms with van der Waals surface area (Å²) >= 11 is 0. The van der Waals surface area contributed by atoms with Gasteiger partial charge in [-0.2, -0.15) is 0 Å². The number of ether oxygens (including phenoxy) is 1. The summed E-state index contributed by atoms with van der Waals surface area (Å²) in [6.45, 7) is 1.68. The van der Waals surface area contributed by atoms with Gasteiger partial charge in [-0.05, 0) is 31.1 Å². The molecule has 0 heterocycles. The Morgan fingerprint density at radius 1 is 1.45 bits per heavy atom. The molecule has 0 aromatic rings. The molecule has 2 nitrogen and oxygen atoms in total. The molecule has 2 saturated carbocycles. The maximum absolute atomic E-state index is 5.76. The summed E-state index contributed by atoms with van der Waals surface area (Å²) in [4.78, 5) is 0. The van der Waals surface area contributed by atoms with E-state index in [1.54, 1.807) is 7.11 Å². The lowest BCUT2D eigenvalue weighted by molar-refractivity contribution is 0.0801. The number of hydrogen-bond acceptors (Lipinski definition) is 2. The summed E-state index contributed by atoms with van der Waals surface area (Å²) in [6, 6.07) is 0. The van der Waals surface area contributed by atoms with Gasteiger partial charge in [-0.1, -0.05) is 0 Å². The van der Waals surface area contributed by atoms with Crippen LogP contribution in [0.1, 0.15) is 19.3 Å². The highest BCUT2D eigenvalue weighted by Crippen LogP contribution is 2.59. The van der Waals surface area contributed by atoms with Gasteiger partial charge in [-0.3, -0.25) is 0 Å². The van der Waals surface area contributed by atoms with Crippen LogP contribution in [-0.4, -0.2) is 20.3 Å². The standard InChI is InChI=1S/C9H17NO/c1-11-6-9(5-10)3-7-2-8(7)4-9/h7-8H,2-6,10H2,1H3. The van der Waals surface area contributed by atoms with Gasteiger partial charge in [0.15, 0.2) is 0 Å². The molecule has 0 bridgehead atoms. The first-order valence-corrected chi connectivity index (χ1v) is 4.49. The average Bonchev–Trinajstić information content (AvgIpc) is 2.61. The van der Waals surface area contributed by atoms with E-state index in [4.69, 9.17) is 10.5 Å². The van der Waals surface area contributed by atoms with Crippen molar-refractivity contribution < 1.29 is 4.74 Å². The highest BCUT2D eigenvalue weighted by molar-refractivity contribution is 5.03. The topological polar surface area (TPSA) is 35.2 Å². The predicted molar refractivity (Wildman–Crippen MR) is 44.2 cm³/mol. The van der Waals surface area contributed by atoms with Gasteiger partial charge >= 0.3 is 0 Å². The van der Waals surface area contributed by atoms with E-state index in [0.29, 0.717) is 5.41 Å². The highest BCUT2D eigenvalue weighted by Gasteiger charge is 2.52. The van der Waals surface area contributed by atoms with Gasteiger partial charge in [-0.15, -0.1) is 0 Å². The molecule has 0 spiro atoms. The van der Waals surface area contributed by atoms with Crippen LogP contribution in [0.3, 0.4) is 0 Å². The minimum Gasteiger partial charge on any atom is -0.384 e. The molecule has 11 heavy (non-hydrogen) atoms. The van der Waals surface area contributed by atoms with Gasteiger partial charge < -0.3 is 10.5 Å². The minimum absolute atomic E-state index is 0.363. The molecule has 0 radical (unpaired) electrons. The summed E-state index contributed by atoms with van der Waals surface area (Å²) in [5, 5.41) is 0. The Morgan fingerprint density at radius 3 is 2.55 bits per heavy atom. The van der Waals surface area contributed by atoms with E-state index < -0.39 is 0 Å². The van der Waals surface area contributed by atoms with Gasteiger partial charge in [0.1, 0.15) is 0 Å². The second-order valence-corrected chi connectivity index (χ2v) is 4.30. The predicted octanol–water partition coefficient (Wildman–Crippen LogP) is 1.01. The van der Waals surface area contributed by atoms with Crippen molar-refractivity contribution >= 4 is 0 Å². The van der Waals surface area contributed by atoms with Crippen LogP contribution >= 0.6 is 0 Å². The summed E-state index contributed by atoms with van der Waals surface area (Å²) in [5.74, 6) is 2.02. The Labute approximate surface area is 68.1 Å². The molecule has 64 valence electrons.